The number of ether oxygens (including phenoxy) is 3. The van der Waals surface area contributed by atoms with Crippen molar-refractivity contribution in [3.05, 3.63) is 84.3 Å². The summed E-state index contributed by atoms with van der Waals surface area (Å²) in [6, 6.07) is 5.26. The number of carboxylic acid groups (broad SMARTS) is 1. The summed E-state index contributed by atoms with van der Waals surface area (Å²) in [5.74, 6) is -2.39. The smallest absolute Gasteiger partial charge is 0.410 e. The Bertz CT molecular complexity index is 1940. The molecule has 6 rings (SSSR count). The molecule has 3 amide bonds. The van der Waals surface area contributed by atoms with E-state index in [4.69, 9.17) is 49.0 Å². The molecule has 3 heterocycles. The summed E-state index contributed by atoms with van der Waals surface area (Å²) < 4.78 is 44.5. The first-order chi connectivity index (χ1) is 25.1. The molecule has 3 aromatic rings. The predicted molar refractivity (Wildman–Crippen MR) is 195 cm³/mol. The number of rotatable bonds is 11. The fraction of sp³-hybridized carbons (Fsp3) is 0.444. The third kappa shape index (κ3) is 8.83. The number of carbonyl (C=O) groups is 3. The Kier molecular flexibility index (Phi) is 11.7. The van der Waals surface area contributed by atoms with Gasteiger partial charge in [0.15, 0.2) is 11.6 Å². The van der Waals surface area contributed by atoms with Gasteiger partial charge in [0, 0.05) is 37.4 Å². The highest BCUT2D eigenvalue weighted by atomic mass is 35.5. The summed E-state index contributed by atoms with van der Waals surface area (Å²) in [7, 11) is 0. The van der Waals surface area contributed by atoms with E-state index in [0.717, 1.165) is 25.0 Å². The van der Waals surface area contributed by atoms with Crippen molar-refractivity contribution in [1.29, 1.82) is 0 Å². The van der Waals surface area contributed by atoms with Crippen LogP contribution < -0.4 is 4.74 Å². The van der Waals surface area contributed by atoms with E-state index in [9.17, 15) is 28.3 Å². The summed E-state index contributed by atoms with van der Waals surface area (Å²) in [6.07, 6.45) is 1.48. The van der Waals surface area contributed by atoms with Crippen molar-refractivity contribution in [1.82, 2.24) is 19.7 Å². The minimum atomic E-state index is -1.20. The van der Waals surface area contributed by atoms with Crippen LogP contribution in [-0.2, 0) is 27.4 Å². The number of fused-ring (bicyclic) bond motifs is 2. The molecule has 2 aliphatic heterocycles. The number of nitrogens with zero attached hydrogens (tertiary/aromatic N) is 4. The fourth-order valence-corrected chi connectivity index (χ4v) is 7.97. The summed E-state index contributed by atoms with van der Waals surface area (Å²) in [4.78, 5) is 50.6. The van der Waals surface area contributed by atoms with Crippen molar-refractivity contribution in [3.63, 3.8) is 0 Å². The highest BCUT2D eigenvalue weighted by Crippen LogP contribution is 2.43. The molecule has 53 heavy (non-hydrogen) atoms. The van der Waals surface area contributed by atoms with Crippen LogP contribution in [0.3, 0.4) is 0 Å². The zero-order valence-electron chi connectivity index (χ0n) is 29.0. The quantitative estimate of drug-likeness (QED) is 0.152. The lowest BCUT2D eigenvalue weighted by Crippen LogP contribution is -2.65. The maximum absolute atomic E-state index is 14.9. The molecule has 1 aliphatic carbocycles. The van der Waals surface area contributed by atoms with E-state index in [0.29, 0.717) is 31.1 Å². The fourth-order valence-electron chi connectivity index (χ4n) is 6.46. The van der Waals surface area contributed by atoms with Crippen molar-refractivity contribution < 1.29 is 42.5 Å². The Labute approximate surface area is 324 Å². The van der Waals surface area contributed by atoms with Gasteiger partial charge in [0.25, 0.3) is 5.91 Å². The topological polar surface area (TPSA) is 122 Å². The Morgan fingerprint density at radius 2 is 1.77 bits per heavy atom. The lowest BCUT2D eigenvalue weighted by Gasteiger charge is -2.50. The molecule has 1 aromatic heterocycles. The number of benzene rings is 2. The van der Waals surface area contributed by atoms with E-state index >= 15 is 0 Å². The van der Waals surface area contributed by atoms with Crippen LogP contribution in [0.2, 0.25) is 15.1 Å². The average molecular weight is 814 g/mol. The third-order valence-corrected chi connectivity index (χ3v) is 11.2. The highest BCUT2D eigenvalue weighted by Gasteiger charge is 2.50. The second kappa shape index (κ2) is 16.0. The largest absolute Gasteiger partial charge is 0.486 e. The van der Waals surface area contributed by atoms with E-state index in [1.807, 2.05) is 0 Å². The number of hydrogen-bond donors (Lipinski definition) is 1. The zero-order valence-corrected chi connectivity index (χ0v) is 32.1. The minimum absolute atomic E-state index is 0.00819. The Balaban J connectivity index is 1.29. The molecule has 1 unspecified atom stereocenters. The number of piperazine rings is 1. The molecular weight excluding hydrogens is 777 g/mol. The molecule has 284 valence electrons. The highest BCUT2D eigenvalue weighted by molar-refractivity contribution is 7.12. The van der Waals surface area contributed by atoms with E-state index < -0.39 is 52.3 Å². The molecule has 1 N–H and O–H groups in total. The van der Waals surface area contributed by atoms with E-state index in [1.54, 1.807) is 50.1 Å². The normalized spacial score (nSPS) is 18.6. The number of thiazole rings is 1. The molecule has 17 heteroatoms. The third-order valence-electron chi connectivity index (χ3n) is 8.93. The molecule has 2 aromatic carbocycles. The van der Waals surface area contributed by atoms with Gasteiger partial charge in [0.05, 0.1) is 40.2 Å². The van der Waals surface area contributed by atoms with Crippen LogP contribution in [0.1, 0.15) is 55.5 Å². The molecule has 2 bridgehead atoms. The monoisotopic (exact) mass is 812 g/mol. The lowest BCUT2D eigenvalue weighted by molar-refractivity contribution is -0.129. The van der Waals surface area contributed by atoms with E-state index in [-0.39, 0.29) is 63.4 Å². The molecule has 0 spiro atoms. The van der Waals surface area contributed by atoms with Crippen LogP contribution in [0, 0.1) is 11.6 Å². The van der Waals surface area contributed by atoms with Gasteiger partial charge in [-0.1, -0.05) is 46.9 Å². The van der Waals surface area contributed by atoms with Gasteiger partial charge in [-0.15, -0.1) is 11.3 Å². The van der Waals surface area contributed by atoms with Crippen molar-refractivity contribution in [2.45, 2.75) is 76.9 Å². The second-order valence-electron chi connectivity index (χ2n) is 13.9. The first-order valence-electron chi connectivity index (χ1n) is 16.9. The number of amides is 3. The first-order valence-corrected chi connectivity index (χ1v) is 18.8. The molecule has 1 saturated carbocycles. The standard InChI is InChI=1S/C36H37Cl3F2N4O7S/c1-36(2,3)52-35(49)43-16-21-13-22(27-14-42-28(53-27)18-50-11-12-51-32-25(41)10-9-24(40)31(32)39)29(26(17-43)45(21)34(47)48)33(46)44(20-7-8-20)15-19-5-4-6-23(37)30(19)38/h4-6,9-10,14,20-21,26H,7-8,11-13,15-18H2,1-3H3,(H,47,48)/t21?,26-/m1/s1. The summed E-state index contributed by atoms with van der Waals surface area (Å²) in [5, 5.41) is 11.2. The Hall–Kier alpha value is -3.69. The van der Waals surface area contributed by atoms with Gasteiger partial charge in [0.2, 0.25) is 0 Å². The van der Waals surface area contributed by atoms with Gasteiger partial charge >= 0.3 is 12.2 Å². The molecule has 11 nitrogen and oxygen atoms in total. The summed E-state index contributed by atoms with van der Waals surface area (Å²) in [5.41, 5.74) is 0.746. The van der Waals surface area contributed by atoms with Crippen molar-refractivity contribution in [2.75, 3.05) is 26.3 Å². The zero-order chi connectivity index (χ0) is 38.2. The average Bonchev–Trinajstić information content (AvgIpc) is 3.82. The number of hydrogen-bond acceptors (Lipinski definition) is 8. The Morgan fingerprint density at radius 3 is 2.47 bits per heavy atom. The SMILES string of the molecule is CC(C)(C)OC(=O)N1CC2CC(c3cnc(COCCOc4c(F)ccc(F)c4Cl)s3)=C(C(=O)N(Cc3cccc(Cl)c3Cl)C3CC3)[C@@H](C1)N2C(=O)O. The summed E-state index contributed by atoms with van der Waals surface area (Å²) in [6.45, 7) is 5.31. The van der Waals surface area contributed by atoms with Crippen LogP contribution in [-0.4, -0.2) is 92.9 Å². The minimum Gasteiger partial charge on any atom is -0.486 e. The molecule has 3 aliphatic rings. The second-order valence-corrected chi connectivity index (χ2v) is 16.2. The van der Waals surface area contributed by atoms with Crippen molar-refractivity contribution in [3.8, 4) is 5.75 Å². The van der Waals surface area contributed by atoms with Gasteiger partial charge in [-0.2, -0.15) is 0 Å². The van der Waals surface area contributed by atoms with Gasteiger partial charge in [0.1, 0.15) is 28.1 Å². The number of carbonyl (C=O) groups excluding carboxylic acids is 2. The van der Waals surface area contributed by atoms with Gasteiger partial charge in [-0.05, 0) is 69.4 Å². The molecule has 1 saturated heterocycles. The van der Waals surface area contributed by atoms with Gasteiger partial charge < -0.3 is 29.1 Å². The van der Waals surface area contributed by atoms with E-state index in [1.165, 1.54) is 21.1 Å². The number of aromatic nitrogens is 1. The van der Waals surface area contributed by atoms with Crippen molar-refractivity contribution in [2.24, 2.45) is 0 Å². The van der Waals surface area contributed by atoms with Crippen LogP contribution in [0.15, 0.2) is 42.1 Å². The molecule has 0 radical (unpaired) electrons. The molecule has 2 atom stereocenters. The number of halogens is 5. The Morgan fingerprint density at radius 1 is 1.04 bits per heavy atom. The van der Waals surface area contributed by atoms with Crippen LogP contribution >= 0.6 is 46.1 Å². The predicted octanol–water partition coefficient (Wildman–Crippen LogP) is 8.29. The lowest BCUT2D eigenvalue weighted by atomic mass is 9.83. The van der Waals surface area contributed by atoms with Gasteiger partial charge in [-0.3, -0.25) is 9.69 Å². The maximum Gasteiger partial charge on any atom is 0.410 e. The van der Waals surface area contributed by atoms with Crippen LogP contribution in [0.25, 0.3) is 5.57 Å². The maximum atomic E-state index is 14.9. The molecular formula is C36H37Cl3F2N4O7S. The van der Waals surface area contributed by atoms with Crippen LogP contribution in [0.5, 0.6) is 5.75 Å². The van der Waals surface area contributed by atoms with Crippen LogP contribution in [0.4, 0.5) is 18.4 Å². The summed E-state index contributed by atoms with van der Waals surface area (Å²) >= 11 is 20.0. The first kappa shape index (κ1) is 39.0. The van der Waals surface area contributed by atoms with E-state index in [2.05, 4.69) is 4.98 Å². The van der Waals surface area contributed by atoms with Gasteiger partial charge in [-0.25, -0.2) is 23.4 Å². The van der Waals surface area contributed by atoms with Crippen molar-refractivity contribution >= 4 is 69.8 Å². The molecule has 2 fully saturated rings.